The van der Waals surface area contributed by atoms with E-state index in [1.807, 2.05) is 18.2 Å². The number of nitrogens with zero attached hydrogens (tertiary/aromatic N) is 2. The first kappa shape index (κ1) is 18.0. The summed E-state index contributed by atoms with van der Waals surface area (Å²) in [6, 6.07) is 15.3. The van der Waals surface area contributed by atoms with E-state index in [0.29, 0.717) is 24.4 Å². The Bertz CT molecular complexity index is 882. The average molecular weight is 351 g/mol. The van der Waals surface area contributed by atoms with Crippen molar-refractivity contribution < 1.29 is 9.53 Å². The van der Waals surface area contributed by atoms with Crippen molar-refractivity contribution in [3.8, 4) is 5.75 Å². The number of benzene rings is 2. The predicted molar refractivity (Wildman–Crippen MR) is 104 cm³/mol. The number of nitrogens with one attached hydrogen (secondary N) is 1. The number of methoxy groups -OCH3 is 1. The van der Waals surface area contributed by atoms with E-state index in [4.69, 9.17) is 9.72 Å². The second kappa shape index (κ2) is 8.04. The van der Waals surface area contributed by atoms with Crippen molar-refractivity contribution in [2.75, 3.05) is 13.7 Å². The van der Waals surface area contributed by atoms with Gasteiger partial charge >= 0.3 is 0 Å². The first-order chi connectivity index (χ1) is 12.6. The molecule has 1 aromatic heterocycles. The molecule has 1 heterocycles. The van der Waals surface area contributed by atoms with E-state index in [0.717, 1.165) is 29.2 Å². The summed E-state index contributed by atoms with van der Waals surface area (Å²) in [5.41, 5.74) is 2.78. The molecule has 0 aliphatic carbocycles. The molecule has 0 spiro atoms. The third-order valence-corrected chi connectivity index (χ3v) is 4.27. The molecule has 0 fully saturated rings. The fourth-order valence-corrected chi connectivity index (χ4v) is 3.02. The summed E-state index contributed by atoms with van der Waals surface area (Å²) >= 11 is 0. The highest BCUT2D eigenvalue weighted by atomic mass is 16.5. The van der Waals surface area contributed by atoms with E-state index in [-0.39, 0.29) is 5.91 Å². The van der Waals surface area contributed by atoms with Crippen molar-refractivity contribution in [3.05, 3.63) is 59.9 Å². The number of fused-ring (bicyclic) bond motifs is 1. The van der Waals surface area contributed by atoms with Gasteiger partial charge in [0.2, 0.25) is 0 Å². The number of amides is 1. The van der Waals surface area contributed by atoms with E-state index in [1.54, 1.807) is 31.4 Å². The minimum Gasteiger partial charge on any atom is -0.497 e. The second-order valence-corrected chi connectivity index (χ2v) is 6.76. The Balaban J connectivity index is 1.68. The molecule has 26 heavy (non-hydrogen) atoms. The third kappa shape index (κ3) is 4.04. The number of rotatable bonds is 7. The number of carbonyl (C=O) groups excluding carboxylic acids is 1. The minimum absolute atomic E-state index is 0.0841. The zero-order valence-electron chi connectivity index (χ0n) is 15.5. The van der Waals surface area contributed by atoms with E-state index < -0.39 is 0 Å². The van der Waals surface area contributed by atoms with Crippen LogP contribution >= 0.6 is 0 Å². The Morgan fingerprint density at radius 3 is 2.58 bits per heavy atom. The molecule has 0 unspecified atom stereocenters. The van der Waals surface area contributed by atoms with Crippen LogP contribution in [0.15, 0.2) is 48.5 Å². The summed E-state index contributed by atoms with van der Waals surface area (Å²) in [5, 5.41) is 2.98. The monoisotopic (exact) mass is 351 g/mol. The highest BCUT2D eigenvalue weighted by Crippen LogP contribution is 2.18. The van der Waals surface area contributed by atoms with Gasteiger partial charge in [0.05, 0.1) is 18.1 Å². The van der Waals surface area contributed by atoms with Gasteiger partial charge in [-0.05, 0) is 42.3 Å². The van der Waals surface area contributed by atoms with Crippen molar-refractivity contribution in [3.63, 3.8) is 0 Å². The van der Waals surface area contributed by atoms with Gasteiger partial charge in [-0.1, -0.05) is 26.0 Å². The fourth-order valence-electron chi connectivity index (χ4n) is 3.02. The number of aromatic nitrogens is 2. The van der Waals surface area contributed by atoms with Crippen LogP contribution < -0.4 is 10.1 Å². The first-order valence-electron chi connectivity index (χ1n) is 8.95. The van der Waals surface area contributed by atoms with Gasteiger partial charge in [-0.15, -0.1) is 0 Å². The number of para-hydroxylation sites is 2. The van der Waals surface area contributed by atoms with Crippen molar-refractivity contribution in [1.82, 2.24) is 14.9 Å². The Morgan fingerprint density at radius 1 is 1.15 bits per heavy atom. The molecule has 5 nitrogen and oxygen atoms in total. The lowest BCUT2D eigenvalue weighted by Crippen LogP contribution is -2.26. The van der Waals surface area contributed by atoms with Crippen molar-refractivity contribution in [2.24, 2.45) is 5.92 Å². The SMILES string of the molecule is COc1ccc(C(=O)NCCc2nc3ccccc3n2CC(C)C)cc1. The van der Waals surface area contributed by atoms with Crippen LogP contribution in [-0.4, -0.2) is 29.1 Å². The van der Waals surface area contributed by atoms with Gasteiger partial charge in [-0.2, -0.15) is 0 Å². The smallest absolute Gasteiger partial charge is 0.251 e. The van der Waals surface area contributed by atoms with Crippen LogP contribution in [0, 0.1) is 5.92 Å². The highest BCUT2D eigenvalue weighted by molar-refractivity contribution is 5.94. The van der Waals surface area contributed by atoms with Gasteiger partial charge in [0, 0.05) is 25.1 Å². The van der Waals surface area contributed by atoms with Crippen LogP contribution in [0.2, 0.25) is 0 Å². The number of carbonyl (C=O) groups is 1. The maximum absolute atomic E-state index is 12.3. The summed E-state index contributed by atoms with van der Waals surface area (Å²) in [7, 11) is 1.61. The number of hydrogen-bond donors (Lipinski definition) is 1. The lowest BCUT2D eigenvalue weighted by molar-refractivity contribution is 0.0954. The molecule has 0 radical (unpaired) electrons. The second-order valence-electron chi connectivity index (χ2n) is 6.76. The number of ether oxygens (including phenoxy) is 1. The molecule has 0 saturated heterocycles. The summed E-state index contributed by atoms with van der Waals surface area (Å²) in [6.45, 7) is 5.86. The highest BCUT2D eigenvalue weighted by Gasteiger charge is 2.12. The Morgan fingerprint density at radius 2 is 1.88 bits per heavy atom. The quantitative estimate of drug-likeness (QED) is 0.706. The standard InChI is InChI=1S/C21H25N3O2/c1-15(2)14-24-19-7-5-4-6-18(19)23-20(24)12-13-22-21(25)16-8-10-17(26-3)11-9-16/h4-11,15H,12-14H2,1-3H3,(H,22,25). The molecule has 5 heteroatoms. The lowest BCUT2D eigenvalue weighted by atomic mass is 10.2. The van der Waals surface area contributed by atoms with E-state index >= 15 is 0 Å². The summed E-state index contributed by atoms with van der Waals surface area (Å²) in [5.74, 6) is 2.19. The number of hydrogen-bond acceptors (Lipinski definition) is 3. The topological polar surface area (TPSA) is 56.1 Å². The van der Waals surface area contributed by atoms with Gasteiger partial charge in [0.25, 0.3) is 5.91 Å². The van der Waals surface area contributed by atoms with Gasteiger partial charge in [0.1, 0.15) is 11.6 Å². The molecule has 1 N–H and O–H groups in total. The Hall–Kier alpha value is -2.82. The summed E-state index contributed by atoms with van der Waals surface area (Å²) < 4.78 is 7.38. The van der Waals surface area contributed by atoms with E-state index in [2.05, 4.69) is 29.8 Å². The first-order valence-corrected chi connectivity index (χ1v) is 8.95. The molecule has 1 amide bonds. The Labute approximate surface area is 154 Å². The van der Waals surface area contributed by atoms with Crippen molar-refractivity contribution >= 4 is 16.9 Å². The lowest BCUT2D eigenvalue weighted by Gasteiger charge is -2.12. The van der Waals surface area contributed by atoms with Crippen molar-refractivity contribution in [2.45, 2.75) is 26.8 Å². The average Bonchev–Trinajstić information content (AvgIpc) is 2.99. The molecule has 0 aliphatic heterocycles. The van der Waals surface area contributed by atoms with Gasteiger partial charge in [-0.3, -0.25) is 4.79 Å². The third-order valence-electron chi connectivity index (χ3n) is 4.27. The molecular formula is C21H25N3O2. The van der Waals surface area contributed by atoms with Gasteiger partial charge in [-0.25, -0.2) is 4.98 Å². The summed E-state index contributed by atoms with van der Waals surface area (Å²) in [6.07, 6.45) is 0.698. The normalized spacial score (nSPS) is 11.1. The molecule has 0 atom stereocenters. The Kier molecular flexibility index (Phi) is 5.56. The molecule has 3 aromatic rings. The van der Waals surface area contributed by atoms with Crippen LogP contribution in [-0.2, 0) is 13.0 Å². The van der Waals surface area contributed by atoms with Crippen LogP contribution in [0.5, 0.6) is 5.75 Å². The molecular weight excluding hydrogens is 326 g/mol. The van der Waals surface area contributed by atoms with Crippen molar-refractivity contribution in [1.29, 1.82) is 0 Å². The maximum Gasteiger partial charge on any atom is 0.251 e. The maximum atomic E-state index is 12.3. The molecule has 0 saturated carbocycles. The van der Waals surface area contributed by atoms with E-state index in [1.165, 1.54) is 0 Å². The molecule has 0 aliphatic rings. The zero-order chi connectivity index (χ0) is 18.5. The molecule has 0 bridgehead atoms. The van der Waals surface area contributed by atoms with Crippen LogP contribution in [0.3, 0.4) is 0 Å². The predicted octanol–water partition coefficient (Wildman–Crippen LogP) is 3.67. The van der Waals surface area contributed by atoms with Crippen LogP contribution in [0.1, 0.15) is 30.0 Å². The molecule has 3 rings (SSSR count). The fraction of sp³-hybridized carbons (Fsp3) is 0.333. The molecule has 2 aromatic carbocycles. The minimum atomic E-state index is -0.0841. The summed E-state index contributed by atoms with van der Waals surface area (Å²) in [4.78, 5) is 17.0. The van der Waals surface area contributed by atoms with E-state index in [9.17, 15) is 4.79 Å². The van der Waals surface area contributed by atoms with Crippen LogP contribution in [0.25, 0.3) is 11.0 Å². The van der Waals surface area contributed by atoms with Gasteiger partial charge < -0.3 is 14.6 Å². The molecule has 136 valence electrons. The van der Waals surface area contributed by atoms with Crippen LogP contribution in [0.4, 0.5) is 0 Å². The number of imidazole rings is 1. The zero-order valence-corrected chi connectivity index (χ0v) is 15.5. The van der Waals surface area contributed by atoms with Gasteiger partial charge in [0.15, 0.2) is 0 Å². The largest absolute Gasteiger partial charge is 0.497 e.